The van der Waals surface area contributed by atoms with Gasteiger partial charge < -0.3 is 20.3 Å². The molecule has 1 aliphatic heterocycles. The third-order valence-corrected chi connectivity index (χ3v) is 4.90. The molecule has 2 aliphatic rings. The van der Waals surface area contributed by atoms with E-state index in [4.69, 9.17) is 4.74 Å². The molecule has 10 heteroatoms. The molecule has 1 atom stereocenters. The van der Waals surface area contributed by atoms with E-state index in [0.717, 1.165) is 12.8 Å². The van der Waals surface area contributed by atoms with E-state index < -0.39 is 36.4 Å². The second-order valence-electron chi connectivity index (χ2n) is 8.74. The molecule has 0 bridgehead atoms. The van der Waals surface area contributed by atoms with Gasteiger partial charge in [0.25, 0.3) is 17.7 Å². The van der Waals surface area contributed by atoms with Crippen LogP contribution in [0.3, 0.4) is 0 Å². The number of rotatable bonds is 7. The van der Waals surface area contributed by atoms with E-state index in [-0.39, 0.29) is 23.3 Å². The molecule has 2 fully saturated rings. The maximum atomic E-state index is 13.3. The van der Waals surface area contributed by atoms with Crippen LogP contribution in [0, 0.1) is 11.3 Å². The van der Waals surface area contributed by atoms with Crippen molar-refractivity contribution in [2.75, 3.05) is 31.6 Å². The molecule has 1 saturated carbocycles. The molecule has 1 aliphatic carbocycles. The van der Waals surface area contributed by atoms with Gasteiger partial charge in [-0.05, 0) is 24.2 Å². The lowest BCUT2D eigenvalue weighted by Gasteiger charge is -2.39. The number of hydrogen-bond donors (Lipinski definition) is 2. The Hall–Kier alpha value is -2.52. The molecule has 2 amide bonds. The van der Waals surface area contributed by atoms with Gasteiger partial charge in [0.2, 0.25) is 5.91 Å². The molecule has 2 N–H and O–H groups in total. The summed E-state index contributed by atoms with van der Waals surface area (Å²) in [6.45, 7) is 4.97. The standard InChI is InChI=1S/C19H27F2N5O3/c1-18(2,3)13(16(28)22-4)25-15(27)12-7-23-14(26-9-19(20,21)10-26)17(24-12)29-8-11-5-6-11/h7,11,13H,5-6,8-10H2,1-4H3,(H,22,28)(H,25,27)/t13-/m1/s1. The highest BCUT2D eigenvalue weighted by molar-refractivity contribution is 5.96. The summed E-state index contributed by atoms with van der Waals surface area (Å²) in [6, 6.07) is -0.786. The average molecular weight is 411 g/mol. The number of carbonyl (C=O) groups excluding carboxylic acids is 2. The smallest absolute Gasteiger partial charge is 0.282 e. The number of carbonyl (C=O) groups is 2. The zero-order valence-corrected chi connectivity index (χ0v) is 17.1. The Bertz CT molecular complexity index is 785. The number of nitrogens with zero attached hydrogens (tertiary/aromatic N) is 3. The molecule has 0 unspecified atom stereocenters. The van der Waals surface area contributed by atoms with Crippen molar-refractivity contribution in [1.29, 1.82) is 0 Å². The van der Waals surface area contributed by atoms with Gasteiger partial charge in [-0.2, -0.15) is 0 Å². The Kier molecular flexibility index (Phi) is 5.64. The van der Waals surface area contributed by atoms with Gasteiger partial charge in [0, 0.05) is 7.05 Å². The maximum Gasteiger partial charge on any atom is 0.282 e. The molecular weight excluding hydrogens is 384 g/mol. The van der Waals surface area contributed by atoms with Crippen molar-refractivity contribution in [2.24, 2.45) is 11.3 Å². The van der Waals surface area contributed by atoms with E-state index in [1.165, 1.54) is 18.1 Å². The molecular formula is C19H27F2N5O3. The summed E-state index contributed by atoms with van der Waals surface area (Å²) in [7, 11) is 1.49. The maximum absolute atomic E-state index is 13.3. The summed E-state index contributed by atoms with van der Waals surface area (Å²) in [5.74, 6) is -3.00. The highest BCUT2D eigenvalue weighted by atomic mass is 19.3. The molecule has 0 aromatic carbocycles. The first-order chi connectivity index (χ1) is 13.5. The summed E-state index contributed by atoms with van der Waals surface area (Å²) in [5.41, 5.74) is -0.567. The van der Waals surface area contributed by atoms with Gasteiger partial charge in [-0.25, -0.2) is 18.7 Å². The van der Waals surface area contributed by atoms with E-state index in [1.54, 1.807) is 0 Å². The fourth-order valence-corrected chi connectivity index (χ4v) is 2.96. The first-order valence-electron chi connectivity index (χ1n) is 9.65. The minimum Gasteiger partial charge on any atom is -0.475 e. The van der Waals surface area contributed by atoms with Crippen LogP contribution in [0.2, 0.25) is 0 Å². The van der Waals surface area contributed by atoms with E-state index in [2.05, 4.69) is 20.6 Å². The number of nitrogens with one attached hydrogen (secondary N) is 2. The van der Waals surface area contributed by atoms with E-state index >= 15 is 0 Å². The van der Waals surface area contributed by atoms with Gasteiger partial charge in [0.1, 0.15) is 6.04 Å². The van der Waals surface area contributed by atoms with E-state index in [0.29, 0.717) is 12.5 Å². The number of alkyl halides is 2. The van der Waals surface area contributed by atoms with E-state index in [1.807, 2.05) is 20.8 Å². The van der Waals surface area contributed by atoms with Crippen LogP contribution in [0.5, 0.6) is 5.88 Å². The first-order valence-corrected chi connectivity index (χ1v) is 9.65. The topological polar surface area (TPSA) is 96.5 Å². The number of likely N-dealkylation sites (N-methyl/N-ethyl adjacent to an activating group) is 1. The summed E-state index contributed by atoms with van der Waals surface area (Å²) >= 11 is 0. The van der Waals surface area contributed by atoms with E-state index in [9.17, 15) is 18.4 Å². The van der Waals surface area contributed by atoms with Gasteiger partial charge in [-0.3, -0.25) is 9.59 Å². The van der Waals surface area contributed by atoms with Crippen LogP contribution in [0.1, 0.15) is 44.1 Å². The van der Waals surface area contributed by atoms with Crippen molar-refractivity contribution >= 4 is 17.6 Å². The van der Waals surface area contributed by atoms with Crippen LogP contribution in [0.4, 0.5) is 14.6 Å². The second kappa shape index (κ2) is 7.72. The number of hydrogen-bond acceptors (Lipinski definition) is 6. The highest BCUT2D eigenvalue weighted by Crippen LogP contribution is 2.36. The molecule has 0 spiro atoms. The van der Waals surface area contributed by atoms with Crippen LogP contribution in [0.25, 0.3) is 0 Å². The zero-order chi connectivity index (χ0) is 21.4. The normalized spacial score (nSPS) is 19.2. The minimum absolute atomic E-state index is 0.0371. The quantitative estimate of drug-likeness (QED) is 0.708. The fourth-order valence-electron chi connectivity index (χ4n) is 2.96. The number of amides is 2. The number of halogens is 2. The molecule has 1 aromatic heterocycles. The monoisotopic (exact) mass is 411 g/mol. The largest absolute Gasteiger partial charge is 0.475 e. The predicted octanol–water partition coefficient (Wildman–Crippen LogP) is 1.61. The summed E-state index contributed by atoms with van der Waals surface area (Å²) < 4.78 is 32.2. The number of anilines is 1. The first kappa shape index (κ1) is 21.2. The van der Waals surface area contributed by atoms with Gasteiger partial charge in [0.05, 0.1) is 25.9 Å². The van der Waals surface area contributed by atoms with Crippen molar-refractivity contribution in [2.45, 2.75) is 45.6 Å². The van der Waals surface area contributed by atoms with Crippen LogP contribution >= 0.6 is 0 Å². The number of ether oxygens (including phenoxy) is 1. The Morgan fingerprint density at radius 1 is 1.34 bits per heavy atom. The lowest BCUT2D eigenvalue weighted by molar-refractivity contribution is -0.124. The van der Waals surface area contributed by atoms with Gasteiger partial charge >= 0.3 is 0 Å². The Balaban J connectivity index is 1.79. The van der Waals surface area contributed by atoms with Gasteiger partial charge in [-0.15, -0.1) is 0 Å². The number of aromatic nitrogens is 2. The second-order valence-corrected chi connectivity index (χ2v) is 8.74. The van der Waals surface area contributed by atoms with Crippen molar-refractivity contribution < 1.29 is 23.1 Å². The molecule has 3 rings (SSSR count). The predicted molar refractivity (Wildman–Crippen MR) is 102 cm³/mol. The Labute approximate surface area is 168 Å². The third kappa shape index (κ3) is 5.10. The summed E-state index contributed by atoms with van der Waals surface area (Å²) in [5, 5.41) is 5.21. The van der Waals surface area contributed by atoms with Crippen LogP contribution in [-0.4, -0.2) is 60.5 Å². The summed E-state index contributed by atoms with van der Waals surface area (Å²) in [6.07, 6.45) is 3.31. The lowest BCUT2D eigenvalue weighted by atomic mass is 9.86. The van der Waals surface area contributed by atoms with Crippen molar-refractivity contribution in [3.63, 3.8) is 0 Å². The molecule has 1 aromatic rings. The molecule has 0 radical (unpaired) electrons. The molecule has 2 heterocycles. The average Bonchev–Trinajstić information content (AvgIpc) is 3.44. The lowest BCUT2D eigenvalue weighted by Crippen LogP contribution is -2.56. The third-order valence-electron chi connectivity index (χ3n) is 4.90. The molecule has 29 heavy (non-hydrogen) atoms. The highest BCUT2D eigenvalue weighted by Gasteiger charge is 2.46. The molecule has 160 valence electrons. The van der Waals surface area contributed by atoms with Crippen LogP contribution in [0.15, 0.2) is 6.20 Å². The minimum atomic E-state index is -2.76. The Morgan fingerprint density at radius 3 is 2.52 bits per heavy atom. The van der Waals surface area contributed by atoms with Crippen LogP contribution < -0.4 is 20.3 Å². The van der Waals surface area contributed by atoms with Gasteiger partial charge in [-0.1, -0.05) is 20.8 Å². The van der Waals surface area contributed by atoms with Crippen LogP contribution in [-0.2, 0) is 4.79 Å². The molecule has 8 nitrogen and oxygen atoms in total. The molecule has 1 saturated heterocycles. The van der Waals surface area contributed by atoms with Crippen molar-refractivity contribution in [3.8, 4) is 5.88 Å². The SMILES string of the molecule is CNC(=O)[C@@H](NC(=O)c1cnc(N2CC(F)(F)C2)c(OCC2CC2)n1)C(C)(C)C. The van der Waals surface area contributed by atoms with Crippen molar-refractivity contribution in [1.82, 2.24) is 20.6 Å². The summed E-state index contributed by atoms with van der Waals surface area (Å²) in [4.78, 5) is 34.6. The van der Waals surface area contributed by atoms with Gasteiger partial charge in [0.15, 0.2) is 11.5 Å². The Morgan fingerprint density at radius 2 is 2.00 bits per heavy atom. The fraction of sp³-hybridized carbons (Fsp3) is 0.684. The van der Waals surface area contributed by atoms with Crippen molar-refractivity contribution in [3.05, 3.63) is 11.9 Å². The zero-order valence-electron chi connectivity index (χ0n) is 17.1.